The first-order chi connectivity index (χ1) is 6.56. The molecule has 0 unspecified atom stereocenters. The van der Waals surface area contributed by atoms with Crippen molar-refractivity contribution in [3.05, 3.63) is 0 Å². The topological polar surface area (TPSA) is 0 Å². The standard InChI is InChI=1S/C11H23BrS2/c1-2-3-4-5-6-7-8-9-10-11(12,13)14/h13-14H,2-10H2,1H3. The molecule has 0 aromatic carbocycles. The zero-order valence-electron chi connectivity index (χ0n) is 9.14. The Hall–Kier alpha value is 1.18. The first kappa shape index (κ1) is 15.2. The molecule has 0 rings (SSSR count). The summed E-state index contributed by atoms with van der Waals surface area (Å²) < 4.78 is -0.255. The fourth-order valence-electron chi connectivity index (χ4n) is 1.48. The molecule has 0 bridgehead atoms. The minimum absolute atomic E-state index is 0.255. The second-order valence-corrected chi connectivity index (χ2v) is 8.40. The van der Waals surface area contributed by atoms with Gasteiger partial charge in [0.2, 0.25) is 0 Å². The Balaban J connectivity index is 2.99. The van der Waals surface area contributed by atoms with Gasteiger partial charge in [-0.05, 0) is 6.42 Å². The summed E-state index contributed by atoms with van der Waals surface area (Å²) in [6.45, 7) is 2.26. The third kappa shape index (κ3) is 13.2. The average molecular weight is 299 g/mol. The Bertz CT molecular complexity index is 121. The van der Waals surface area contributed by atoms with Crippen molar-refractivity contribution >= 4 is 41.2 Å². The summed E-state index contributed by atoms with van der Waals surface area (Å²) in [4.78, 5) is 0. The van der Waals surface area contributed by atoms with E-state index in [-0.39, 0.29) is 2.99 Å². The average Bonchev–Trinajstić information content (AvgIpc) is 2.08. The molecule has 0 fully saturated rings. The van der Waals surface area contributed by atoms with Gasteiger partial charge in [-0.3, -0.25) is 0 Å². The molecule has 0 aromatic rings. The molecule has 0 heterocycles. The number of unbranched alkanes of at least 4 members (excludes halogenated alkanes) is 7. The fourth-order valence-corrected chi connectivity index (χ4v) is 2.08. The molecule has 0 spiro atoms. The summed E-state index contributed by atoms with van der Waals surface area (Å²) in [6.07, 6.45) is 11.9. The van der Waals surface area contributed by atoms with E-state index in [9.17, 15) is 0 Å². The Morgan fingerprint density at radius 3 is 1.71 bits per heavy atom. The number of rotatable bonds is 9. The monoisotopic (exact) mass is 298 g/mol. The van der Waals surface area contributed by atoms with Crippen molar-refractivity contribution in [1.82, 2.24) is 0 Å². The molecule has 86 valence electrons. The molecular formula is C11H23BrS2. The second-order valence-electron chi connectivity index (χ2n) is 3.94. The van der Waals surface area contributed by atoms with Gasteiger partial charge in [0, 0.05) is 0 Å². The van der Waals surface area contributed by atoms with E-state index >= 15 is 0 Å². The SMILES string of the molecule is CCCCCCCCCCC(S)(S)Br. The van der Waals surface area contributed by atoms with Crippen LogP contribution in [0.15, 0.2) is 0 Å². The molecule has 0 aliphatic rings. The highest BCUT2D eigenvalue weighted by atomic mass is 79.9. The zero-order chi connectivity index (χ0) is 10.9. The highest BCUT2D eigenvalue weighted by Gasteiger charge is 2.13. The van der Waals surface area contributed by atoms with Crippen LogP contribution in [-0.4, -0.2) is 2.99 Å². The predicted molar refractivity (Wildman–Crippen MR) is 76.9 cm³/mol. The van der Waals surface area contributed by atoms with E-state index in [4.69, 9.17) is 0 Å². The van der Waals surface area contributed by atoms with Crippen LogP contribution >= 0.6 is 41.2 Å². The number of hydrogen-bond acceptors (Lipinski definition) is 2. The van der Waals surface area contributed by atoms with Crippen LogP contribution in [0.4, 0.5) is 0 Å². The van der Waals surface area contributed by atoms with Gasteiger partial charge < -0.3 is 0 Å². The van der Waals surface area contributed by atoms with E-state index < -0.39 is 0 Å². The largest absolute Gasteiger partial charge is 0.151 e. The van der Waals surface area contributed by atoms with E-state index in [0.717, 1.165) is 6.42 Å². The van der Waals surface area contributed by atoms with E-state index in [1.165, 1.54) is 51.4 Å². The van der Waals surface area contributed by atoms with Crippen LogP contribution in [0.1, 0.15) is 64.7 Å². The van der Waals surface area contributed by atoms with Gasteiger partial charge >= 0.3 is 0 Å². The van der Waals surface area contributed by atoms with Crippen LogP contribution in [-0.2, 0) is 0 Å². The van der Waals surface area contributed by atoms with Gasteiger partial charge in [0.15, 0.2) is 0 Å². The Labute approximate surface area is 109 Å². The van der Waals surface area contributed by atoms with E-state index in [1.807, 2.05) is 0 Å². The molecule has 0 aliphatic heterocycles. The molecule has 3 heteroatoms. The molecule has 0 saturated heterocycles. The third-order valence-electron chi connectivity index (χ3n) is 2.35. The predicted octanol–water partition coefficient (Wildman–Crippen LogP) is 5.43. The van der Waals surface area contributed by atoms with Crippen LogP contribution in [0.3, 0.4) is 0 Å². The van der Waals surface area contributed by atoms with Crippen molar-refractivity contribution in [3.63, 3.8) is 0 Å². The van der Waals surface area contributed by atoms with Gasteiger partial charge in [0.1, 0.15) is 2.99 Å². The van der Waals surface area contributed by atoms with Crippen molar-refractivity contribution < 1.29 is 0 Å². The van der Waals surface area contributed by atoms with Crippen LogP contribution in [0, 0.1) is 0 Å². The third-order valence-corrected chi connectivity index (χ3v) is 3.19. The lowest BCUT2D eigenvalue weighted by Crippen LogP contribution is -2.00. The van der Waals surface area contributed by atoms with E-state index in [0.29, 0.717) is 0 Å². The van der Waals surface area contributed by atoms with E-state index in [2.05, 4.69) is 48.1 Å². The highest BCUT2D eigenvalue weighted by Crippen LogP contribution is 2.33. The molecule has 0 aliphatic carbocycles. The van der Waals surface area contributed by atoms with Crippen molar-refractivity contribution in [1.29, 1.82) is 0 Å². The summed E-state index contributed by atoms with van der Waals surface area (Å²) in [6, 6.07) is 0. The maximum absolute atomic E-state index is 4.31. The molecule has 0 saturated carbocycles. The van der Waals surface area contributed by atoms with Gasteiger partial charge in [-0.15, -0.1) is 0 Å². The van der Waals surface area contributed by atoms with Gasteiger partial charge in [0.05, 0.1) is 0 Å². The van der Waals surface area contributed by atoms with Crippen molar-refractivity contribution in [2.75, 3.05) is 0 Å². The summed E-state index contributed by atoms with van der Waals surface area (Å²) in [5, 5.41) is 0. The summed E-state index contributed by atoms with van der Waals surface area (Å²) >= 11 is 12.0. The lowest BCUT2D eigenvalue weighted by atomic mass is 10.1. The van der Waals surface area contributed by atoms with Gasteiger partial charge in [0.25, 0.3) is 0 Å². The second kappa shape index (κ2) is 9.41. The van der Waals surface area contributed by atoms with Gasteiger partial charge in [-0.1, -0.05) is 74.2 Å². The minimum atomic E-state index is -0.255. The maximum Gasteiger partial charge on any atom is 0.110 e. The Morgan fingerprint density at radius 2 is 1.29 bits per heavy atom. The Morgan fingerprint density at radius 1 is 0.857 bits per heavy atom. The maximum atomic E-state index is 4.31. The first-order valence-electron chi connectivity index (χ1n) is 5.70. The first-order valence-corrected chi connectivity index (χ1v) is 7.38. The summed E-state index contributed by atoms with van der Waals surface area (Å²) in [7, 11) is 0. The molecule has 0 N–H and O–H groups in total. The smallest absolute Gasteiger partial charge is 0.110 e. The molecule has 0 amide bonds. The molecule has 0 radical (unpaired) electrons. The van der Waals surface area contributed by atoms with Crippen LogP contribution in [0.5, 0.6) is 0 Å². The normalized spacial score (nSPS) is 12.0. The molecule has 0 atom stereocenters. The van der Waals surface area contributed by atoms with Gasteiger partial charge in [-0.2, -0.15) is 25.3 Å². The highest BCUT2D eigenvalue weighted by molar-refractivity contribution is 9.13. The lowest BCUT2D eigenvalue weighted by molar-refractivity contribution is 0.570. The number of halogens is 1. The summed E-state index contributed by atoms with van der Waals surface area (Å²) in [5.41, 5.74) is 0. The van der Waals surface area contributed by atoms with Crippen molar-refractivity contribution in [2.45, 2.75) is 67.7 Å². The summed E-state index contributed by atoms with van der Waals surface area (Å²) in [5.74, 6) is 0. The van der Waals surface area contributed by atoms with Crippen LogP contribution in [0.25, 0.3) is 0 Å². The van der Waals surface area contributed by atoms with Crippen molar-refractivity contribution in [2.24, 2.45) is 0 Å². The van der Waals surface area contributed by atoms with Crippen LogP contribution in [0.2, 0.25) is 0 Å². The Kier molecular flexibility index (Phi) is 10.2. The molecule has 0 nitrogen and oxygen atoms in total. The van der Waals surface area contributed by atoms with E-state index in [1.54, 1.807) is 0 Å². The van der Waals surface area contributed by atoms with Crippen molar-refractivity contribution in [3.8, 4) is 0 Å². The lowest BCUT2D eigenvalue weighted by Gasteiger charge is -2.13. The zero-order valence-corrected chi connectivity index (χ0v) is 12.5. The van der Waals surface area contributed by atoms with Crippen LogP contribution < -0.4 is 0 Å². The number of thiol groups is 2. The molecule has 0 aromatic heterocycles. The van der Waals surface area contributed by atoms with Gasteiger partial charge in [-0.25, -0.2) is 0 Å². The molecule has 14 heavy (non-hydrogen) atoms. The number of alkyl halides is 1. The quantitative estimate of drug-likeness (QED) is 0.241. The number of hydrogen-bond donors (Lipinski definition) is 2. The fraction of sp³-hybridized carbons (Fsp3) is 1.00. The minimum Gasteiger partial charge on any atom is -0.151 e. The molecular weight excluding hydrogens is 276 g/mol.